The maximum Gasteiger partial charge on any atom is 0.490 e. The molecule has 5 rings (SSSR count). The van der Waals surface area contributed by atoms with Gasteiger partial charge >= 0.3 is 12.1 Å². The van der Waals surface area contributed by atoms with Gasteiger partial charge in [0.25, 0.3) is 5.78 Å². The minimum Gasteiger partial charge on any atom is -0.475 e. The number of aromatic nitrogens is 4. The van der Waals surface area contributed by atoms with E-state index in [1.54, 1.807) is 4.52 Å². The van der Waals surface area contributed by atoms with Crippen molar-refractivity contribution >= 4 is 27.6 Å². The zero-order chi connectivity index (χ0) is 24.0. The molecule has 0 spiro atoms. The number of aliphatic carboxylic acids is 1. The fourth-order valence-electron chi connectivity index (χ4n) is 4.05. The Morgan fingerprint density at radius 2 is 2.03 bits per heavy atom. The summed E-state index contributed by atoms with van der Waals surface area (Å²) in [7, 11) is -3.15. The number of rotatable bonds is 5. The van der Waals surface area contributed by atoms with Crippen molar-refractivity contribution in [3.8, 4) is 0 Å². The van der Waals surface area contributed by atoms with E-state index in [4.69, 9.17) is 14.6 Å². The Labute approximate surface area is 187 Å². The lowest BCUT2D eigenvalue weighted by molar-refractivity contribution is -0.192. The number of ether oxygens (including phenoxy) is 1. The van der Waals surface area contributed by atoms with Crippen LogP contribution in [0.3, 0.4) is 0 Å². The van der Waals surface area contributed by atoms with Crippen LogP contribution in [0.25, 0.3) is 5.78 Å². The van der Waals surface area contributed by atoms with Crippen molar-refractivity contribution in [3.05, 3.63) is 18.1 Å². The first-order chi connectivity index (χ1) is 15.5. The molecule has 2 N–H and O–H groups in total. The number of carboxylic acid groups (broad SMARTS) is 1. The van der Waals surface area contributed by atoms with E-state index in [1.807, 2.05) is 13.0 Å². The van der Waals surface area contributed by atoms with Crippen LogP contribution in [0.1, 0.15) is 18.5 Å². The molecule has 1 aliphatic carbocycles. The van der Waals surface area contributed by atoms with Crippen molar-refractivity contribution in [3.63, 3.8) is 0 Å². The van der Waals surface area contributed by atoms with Crippen molar-refractivity contribution < 1.29 is 36.2 Å². The molecule has 2 aliphatic heterocycles. The van der Waals surface area contributed by atoms with E-state index >= 15 is 0 Å². The second kappa shape index (κ2) is 8.68. The Morgan fingerprint density at radius 1 is 1.33 bits per heavy atom. The van der Waals surface area contributed by atoms with Gasteiger partial charge < -0.3 is 14.7 Å². The molecule has 2 aromatic heterocycles. The molecule has 15 heteroatoms. The fourth-order valence-corrected chi connectivity index (χ4v) is 5.49. The predicted molar refractivity (Wildman–Crippen MR) is 108 cm³/mol. The molecule has 1 saturated carbocycles. The predicted octanol–water partition coefficient (Wildman–Crippen LogP) is 0.599. The van der Waals surface area contributed by atoms with Gasteiger partial charge in [0.05, 0.1) is 18.0 Å². The first-order valence-electron chi connectivity index (χ1n) is 10.3. The summed E-state index contributed by atoms with van der Waals surface area (Å²) in [4.78, 5) is 19.7. The van der Waals surface area contributed by atoms with Crippen LogP contribution in [-0.2, 0) is 19.6 Å². The van der Waals surface area contributed by atoms with Crippen LogP contribution in [0, 0.1) is 18.8 Å². The number of nitrogens with zero attached hydrogens (tertiary/aromatic N) is 5. The highest BCUT2D eigenvalue weighted by molar-refractivity contribution is 7.90. The molecule has 3 fully saturated rings. The number of carbonyl (C=O) groups is 1. The Balaban J connectivity index is 0.000000325. The summed E-state index contributed by atoms with van der Waals surface area (Å²) in [6.45, 7) is 4.61. The molecule has 2 aromatic rings. The van der Waals surface area contributed by atoms with E-state index in [0.29, 0.717) is 24.8 Å². The monoisotopic (exact) mass is 492 g/mol. The van der Waals surface area contributed by atoms with Gasteiger partial charge in [-0.1, -0.05) is 0 Å². The van der Waals surface area contributed by atoms with Crippen LogP contribution >= 0.6 is 0 Å². The van der Waals surface area contributed by atoms with Crippen LogP contribution in [0.15, 0.2) is 12.4 Å². The number of anilines is 1. The third-order valence-corrected chi connectivity index (χ3v) is 7.79. The topological polar surface area (TPSA) is 139 Å². The molecule has 0 bridgehead atoms. The van der Waals surface area contributed by atoms with Gasteiger partial charge in [0, 0.05) is 43.2 Å². The van der Waals surface area contributed by atoms with E-state index in [1.165, 1.54) is 6.33 Å². The standard InChI is InChI=1S/C16H22N6O3S.C2HF3O2/c1-10-4-15(22-16(20-10)17-9-18-22)21-6-13-11(8-25-14(13)7-21)5-19-26(23,24)12-2-3-12;3-2(4,5)1(6)7/h4,9,11-14,19H,2-3,5-8H2,1H3;(H,6,7)/t11-,13+,14+;/m0./s1. The first-order valence-corrected chi connectivity index (χ1v) is 11.8. The Kier molecular flexibility index (Phi) is 6.22. The molecule has 3 aliphatic rings. The van der Waals surface area contributed by atoms with Gasteiger partial charge in [-0.2, -0.15) is 27.8 Å². The number of carboxylic acids is 1. The van der Waals surface area contributed by atoms with Gasteiger partial charge in [0.2, 0.25) is 10.0 Å². The van der Waals surface area contributed by atoms with Crippen molar-refractivity contribution in [1.82, 2.24) is 24.3 Å². The van der Waals surface area contributed by atoms with Crippen molar-refractivity contribution in [2.75, 3.05) is 31.1 Å². The maximum absolute atomic E-state index is 12.1. The molecule has 182 valence electrons. The quantitative estimate of drug-likeness (QED) is 0.614. The van der Waals surface area contributed by atoms with Gasteiger partial charge in [0.15, 0.2) is 0 Å². The summed E-state index contributed by atoms with van der Waals surface area (Å²) in [6, 6.07) is 2.01. The average molecular weight is 492 g/mol. The third-order valence-electron chi connectivity index (χ3n) is 5.88. The fraction of sp³-hybridized carbons (Fsp3) is 0.667. The van der Waals surface area contributed by atoms with Crippen LogP contribution in [-0.4, -0.2) is 82.8 Å². The van der Waals surface area contributed by atoms with Gasteiger partial charge in [0.1, 0.15) is 12.1 Å². The summed E-state index contributed by atoms with van der Waals surface area (Å²) in [5.74, 6) is -0.698. The minimum absolute atomic E-state index is 0.123. The molecule has 0 radical (unpaired) electrons. The molecule has 2 saturated heterocycles. The first kappa shape index (κ1) is 23.6. The summed E-state index contributed by atoms with van der Waals surface area (Å²) in [5, 5.41) is 11.2. The number of nitrogens with one attached hydrogen (secondary N) is 1. The lowest BCUT2D eigenvalue weighted by Crippen LogP contribution is -2.36. The summed E-state index contributed by atoms with van der Waals surface area (Å²) in [6.07, 6.45) is -1.89. The van der Waals surface area contributed by atoms with Crippen LogP contribution < -0.4 is 9.62 Å². The number of alkyl halides is 3. The molecule has 11 nitrogen and oxygen atoms in total. The lowest BCUT2D eigenvalue weighted by Gasteiger charge is -2.22. The average Bonchev–Trinajstić information content (AvgIpc) is 3.18. The summed E-state index contributed by atoms with van der Waals surface area (Å²) < 4.78 is 66.4. The van der Waals surface area contributed by atoms with Crippen LogP contribution in [0.2, 0.25) is 0 Å². The van der Waals surface area contributed by atoms with E-state index in [9.17, 15) is 21.6 Å². The molecule has 0 amide bonds. The Morgan fingerprint density at radius 3 is 2.67 bits per heavy atom. The highest BCUT2D eigenvalue weighted by atomic mass is 32.2. The number of hydrogen-bond acceptors (Lipinski definition) is 8. The largest absolute Gasteiger partial charge is 0.490 e. The van der Waals surface area contributed by atoms with E-state index in [2.05, 4.69) is 24.7 Å². The molecule has 0 aromatic carbocycles. The van der Waals surface area contributed by atoms with Gasteiger partial charge in [-0.25, -0.2) is 22.9 Å². The van der Waals surface area contributed by atoms with E-state index in [0.717, 1.165) is 37.4 Å². The second-order valence-corrected chi connectivity index (χ2v) is 10.4. The number of hydrogen-bond donors (Lipinski definition) is 2. The normalized spacial score (nSPS) is 25.1. The zero-order valence-corrected chi connectivity index (χ0v) is 18.4. The van der Waals surface area contributed by atoms with Crippen LogP contribution in [0.4, 0.5) is 19.0 Å². The zero-order valence-electron chi connectivity index (χ0n) is 17.6. The SMILES string of the molecule is Cc1cc(N2C[C@@H]3[C@@H](CNS(=O)(=O)C4CC4)CO[C@@H]3C2)n2ncnc2n1.O=C(O)C(F)(F)F. The van der Waals surface area contributed by atoms with Crippen molar-refractivity contribution in [2.24, 2.45) is 11.8 Å². The second-order valence-electron chi connectivity index (χ2n) is 8.32. The van der Waals surface area contributed by atoms with Crippen molar-refractivity contribution in [1.29, 1.82) is 0 Å². The summed E-state index contributed by atoms with van der Waals surface area (Å²) in [5.41, 5.74) is 0.896. The minimum atomic E-state index is -5.08. The van der Waals surface area contributed by atoms with Gasteiger partial charge in [-0.3, -0.25) is 0 Å². The number of sulfonamides is 1. The third kappa shape index (κ3) is 5.19. The Bertz CT molecular complexity index is 1140. The van der Waals surface area contributed by atoms with Crippen LogP contribution in [0.5, 0.6) is 0 Å². The number of halogens is 3. The smallest absolute Gasteiger partial charge is 0.475 e. The molecule has 0 unspecified atom stereocenters. The maximum atomic E-state index is 12.1. The molecular formula is C18H23F3N6O5S. The van der Waals surface area contributed by atoms with Gasteiger partial charge in [-0.05, 0) is 19.8 Å². The number of aryl methyl sites for hydroxylation is 1. The molecule has 4 heterocycles. The van der Waals surface area contributed by atoms with Gasteiger partial charge in [-0.15, -0.1) is 0 Å². The highest BCUT2D eigenvalue weighted by Crippen LogP contribution is 2.36. The molecule has 33 heavy (non-hydrogen) atoms. The van der Waals surface area contributed by atoms with E-state index in [-0.39, 0.29) is 17.3 Å². The van der Waals surface area contributed by atoms with Crippen molar-refractivity contribution in [2.45, 2.75) is 37.3 Å². The molecular weight excluding hydrogens is 469 g/mol. The van der Waals surface area contributed by atoms with E-state index < -0.39 is 22.2 Å². The summed E-state index contributed by atoms with van der Waals surface area (Å²) >= 11 is 0. The number of fused-ring (bicyclic) bond motifs is 2. The highest BCUT2D eigenvalue weighted by Gasteiger charge is 2.45. The lowest BCUT2D eigenvalue weighted by atomic mass is 9.93. The Hall–Kier alpha value is -2.52. The molecule has 3 atom stereocenters.